The molecule has 0 aromatic rings. The third kappa shape index (κ3) is 2.76. The highest BCUT2D eigenvalue weighted by Gasteiger charge is 2.48. The molecule has 3 nitrogen and oxygen atoms in total. The first-order valence-corrected chi connectivity index (χ1v) is 8.12. The second-order valence-electron chi connectivity index (χ2n) is 5.71. The molecule has 1 saturated heterocycles. The van der Waals surface area contributed by atoms with Crippen molar-refractivity contribution in [3.8, 4) is 0 Å². The molecule has 0 radical (unpaired) electrons. The molecule has 3 rings (SSSR count). The van der Waals surface area contributed by atoms with Crippen LogP contribution in [0.25, 0.3) is 0 Å². The second kappa shape index (κ2) is 6.20. The maximum atomic E-state index is 6.18. The van der Waals surface area contributed by atoms with Crippen molar-refractivity contribution in [3.63, 3.8) is 0 Å². The summed E-state index contributed by atoms with van der Waals surface area (Å²) in [6.45, 7) is 2.17. The SMILES string of the molecule is I.NC(=NC1CCC12CCCC2)N1CCSCC1. The van der Waals surface area contributed by atoms with E-state index < -0.39 is 0 Å². The van der Waals surface area contributed by atoms with E-state index >= 15 is 0 Å². The van der Waals surface area contributed by atoms with E-state index in [-0.39, 0.29) is 24.0 Å². The lowest BCUT2D eigenvalue weighted by Gasteiger charge is -2.45. The van der Waals surface area contributed by atoms with Gasteiger partial charge in [-0.25, -0.2) is 4.99 Å². The molecule has 0 aromatic carbocycles. The van der Waals surface area contributed by atoms with Gasteiger partial charge in [0.1, 0.15) is 0 Å². The van der Waals surface area contributed by atoms with Gasteiger partial charge >= 0.3 is 0 Å². The van der Waals surface area contributed by atoms with Crippen LogP contribution in [0.5, 0.6) is 0 Å². The van der Waals surface area contributed by atoms with Crippen LogP contribution in [0.2, 0.25) is 0 Å². The first-order chi connectivity index (χ1) is 8.30. The molecule has 0 bridgehead atoms. The molecule has 104 valence electrons. The van der Waals surface area contributed by atoms with Gasteiger partial charge in [0, 0.05) is 24.6 Å². The van der Waals surface area contributed by atoms with Crippen molar-refractivity contribution in [3.05, 3.63) is 0 Å². The zero-order valence-corrected chi connectivity index (χ0v) is 14.1. The molecule has 2 N–H and O–H groups in total. The molecular weight excluding hydrogens is 357 g/mol. The standard InChI is InChI=1S/C13H23N3S.HI/c14-12(16-7-9-17-10-8-16)15-11-3-6-13(11)4-1-2-5-13;/h11H,1-10H2,(H2,14,15);1H. The van der Waals surface area contributed by atoms with E-state index in [1.807, 2.05) is 11.8 Å². The zero-order valence-electron chi connectivity index (χ0n) is 10.9. The second-order valence-corrected chi connectivity index (χ2v) is 6.94. The van der Waals surface area contributed by atoms with E-state index in [2.05, 4.69) is 4.90 Å². The number of nitrogens with zero attached hydrogens (tertiary/aromatic N) is 2. The molecule has 2 aliphatic carbocycles. The normalized spacial score (nSPS) is 31.0. The monoisotopic (exact) mass is 381 g/mol. The molecule has 5 heteroatoms. The summed E-state index contributed by atoms with van der Waals surface area (Å²) < 4.78 is 0. The lowest BCUT2D eigenvalue weighted by molar-refractivity contribution is 0.103. The van der Waals surface area contributed by atoms with Crippen molar-refractivity contribution >= 4 is 41.7 Å². The van der Waals surface area contributed by atoms with Crippen LogP contribution in [0.1, 0.15) is 38.5 Å². The minimum atomic E-state index is 0. The molecule has 1 atom stereocenters. The summed E-state index contributed by atoms with van der Waals surface area (Å²) >= 11 is 2.02. The summed E-state index contributed by atoms with van der Waals surface area (Å²) in [5.74, 6) is 3.22. The summed E-state index contributed by atoms with van der Waals surface area (Å²) in [5.41, 5.74) is 6.74. The predicted octanol–water partition coefficient (Wildman–Crippen LogP) is 2.69. The van der Waals surface area contributed by atoms with Crippen LogP contribution in [0.4, 0.5) is 0 Å². The lowest BCUT2D eigenvalue weighted by atomic mass is 9.63. The van der Waals surface area contributed by atoms with Crippen molar-refractivity contribution in [2.24, 2.45) is 16.1 Å². The van der Waals surface area contributed by atoms with E-state index in [0.717, 1.165) is 19.0 Å². The Morgan fingerprint density at radius 3 is 2.39 bits per heavy atom. The highest BCUT2D eigenvalue weighted by atomic mass is 127. The molecule has 1 aliphatic heterocycles. The molecule has 2 saturated carbocycles. The fraction of sp³-hybridized carbons (Fsp3) is 0.923. The third-order valence-corrected chi connectivity index (χ3v) is 5.79. The number of hydrogen-bond acceptors (Lipinski definition) is 2. The van der Waals surface area contributed by atoms with Crippen LogP contribution in [0.15, 0.2) is 4.99 Å². The van der Waals surface area contributed by atoms with Gasteiger partial charge in [0.2, 0.25) is 0 Å². The summed E-state index contributed by atoms with van der Waals surface area (Å²) in [7, 11) is 0. The van der Waals surface area contributed by atoms with Crippen LogP contribution >= 0.6 is 35.7 Å². The maximum Gasteiger partial charge on any atom is 0.191 e. The van der Waals surface area contributed by atoms with Crippen LogP contribution in [0.3, 0.4) is 0 Å². The van der Waals surface area contributed by atoms with Gasteiger partial charge in [-0.05, 0) is 31.1 Å². The predicted molar refractivity (Wildman–Crippen MR) is 89.9 cm³/mol. The van der Waals surface area contributed by atoms with Crippen LogP contribution in [-0.2, 0) is 0 Å². The highest BCUT2D eigenvalue weighted by molar-refractivity contribution is 14.0. The number of rotatable bonds is 1. The van der Waals surface area contributed by atoms with Crippen molar-refractivity contribution in [1.29, 1.82) is 0 Å². The lowest BCUT2D eigenvalue weighted by Crippen LogP contribution is -2.47. The molecule has 3 fully saturated rings. The van der Waals surface area contributed by atoms with E-state index in [9.17, 15) is 0 Å². The Bertz CT molecular complexity index is 309. The molecule has 1 spiro atoms. The Hall–Kier alpha value is 0.350. The molecule has 1 unspecified atom stereocenters. The Labute approximate surface area is 131 Å². The topological polar surface area (TPSA) is 41.6 Å². The number of nitrogens with two attached hydrogens (primary N) is 1. The Balaban J connectivity index is 0.00000120. The largest absolute Gasteiger partial charge is 0.370 e. The van der Waals surface area contributed by atoms with Gasteiger partial charge in [-0.2, -0.15) is 11.8 Å². The maximum absolute atomic E-state index is 6.18. The molecule has 0 amide bonds. The summed E-state index contributed by atoms with van der Waals surface area (Å²) in [6, 6.07) is 0.541. The summed E-state index contributed by atoms with van der Waals surface area (Å²) in [5, 5.41) is 0. The van der Waals surface area contributed by atoms with E-state index in [0.29, 0.717) is 11.5 Å². The Morgan fingerprint density at radius 1 is 1.17 bits per heavy atom. The average molecular weight is 381 g/mol. The van der Waals surface area contributed by atoms with Gasteiger partial charge in [-0.1, -0.05) is 12.8 Å². The fourth-order valence-corrected chi connectivity index (χ4v) is 4.48. The van der Waals surface area contributed by atoms with E-state index in [1.54, 1.807) is 0 Å². The Kier molecular flexibility index (Phi) is 5.08. The third-order valence-electron chi connectivity index (χ3n) is 4.85. The number of guanidine groups is 1. The Morgan fingerprint density at radius 2 is 1.83 bits per heavy atom. The van der Waals surface area contributed by atoms with Gasteiger partial charge in [-0.15, -0.1) is 24.0 Å². The minimum Gasteiger partial charge on any atom is -0.370 e. The van der Waals surface area contributed by atoms with E-state index in [1.165, 1.54) is 50.0 Å². The minimum absolute atomic E-state index is 0. The van der Waals surface area contributed by atoms with Gasteiger partial charge in [0.15, 0.2) is 5.96 Å². The van der Waals surface area contributed by atoms with Gasteiger partial charge < -0.3 is 10.6 Å². The van der Waals surface area contributed by atoms with Crippen molar-refractivity contribution < 1.29 is 0 Å². The van der Waals surface area contributed by atoms with E-state index in [4.69, 9.17) is 10.7 Å². The molecule has 1 heterocycles. The van der Waals surface area contributed by atoms with Gasteiger partial charge in [-0.3, -0.25) is 0 Å². The van der Waals surface area contributed by atoms with Crippen molar-refractivity contribution in [2.75, 3.05) is 24.6 Å². The van der Waals surface area contributed by atoms with Gasteiger partial charge in [0.05, 0.1) is 6.04 Å². The highest BCUT2D eigenvalue weighted by Crippen LogP contribution is 2.54. The fourth-order valence-electron chi connectivity index (χ4n) is 3.58. The smallest absolute Gasteiger partial charge is 0.191 e. The molecule has 18 heavy (non-hydrogen) atoms. The number of hydrogen-bond donors (Lipinski definition) is 1. The quantitative estimate of drug-likeness (QED) is 0.432. The summed E-state index contributed by atoms with van der Waals surface area (Å²) in [6.07, 6.45) is 8.26. The van der Waals surface area contributed by atoms with Gasteiger partial charge in [0.25, 0.3) is 0 Å². The first-order valence-electron chi connectivity index (χ1n) is 6.96. The van der Waals surface area contributed by atoms with Crippen molar-refractivity contribution in [1.82, 2.24) is 4.90 Å². The molecular formula is C13H24IN3S. The van der Waals surface area contributed by atoms with Crippen LogP contribution in [-0.4, -0.2) is 41.5 Å². The zero-order chi connectivity index (χ0) is 11.7. The number of aliphatic imine (C=N–C) groups is 1. The summed E-state index contributed by atoms with van der Waals surface area (Å²) in [4.78, 5) is 7.13. The first kappa shape index (κ1) is 14.8. The average Bonchev–Trinajstić information content (AvgIpc) is 2.87. The molecule has 0 aromatic heterocycles. The van der Waals surface area contributed by atoms with Crippen LogP contribution in [0, 0.1) is 5.41 Å². The van der Waals surface area contributed by atoms with Crippen molar-refractivity contribution in [2.45, 2.75) is 44.6 Å². The van der Waals surface area contributed by atoms with Crippen LogP contribution < -0.4 is 5.73 Å². The number of halogens is 1. The molecule has 3 aliphatic rings. The number of thioether (sulfide) groups is 1.